The molecule has 0 amide bonds. The molecule has 4 heteroatoms. The Bertz CT molecular complexity index is 325. The molecular weight excluding hydrogens is 204 g/mol. The standard InChI is InChI=1S/C12H20N2O2/c1-9-7-10(16-14-9)8-15-12-6-4-3-5-11(12)13-2/h7,11-13H,3-6,8H2,1-2H3. The van der Waals surface area contributed by atoms with Crippen molar-refractivity contribution >= 4 is 0 Å². The molecule has 90 valence electrons. The fourth-order valence-corrected chi connectivity index (χ4v) is 2.30. The van der Waals surface area contributed by atoms with Crippen molar-refractivity contribution in [3.63, 3.8) is 0 Å². The molecule has 1 fully saturated rings. The molecule has 1 aromatic heterocycles. The normalized spacial score (nSPS) is 25.9. The Hall–Kier alpha value is -0.870. The second-order valence-corrected chi connectivity index (χ2v) is 4.46. The zero-order chi connectivity index (χ0) is 11.4. The summed E-state index contributed by atoms with van der Waals surface area (Å²) in [4.78, 5) is 0. The van der Waals surface area contributed by atoms with Crippen molar-refractivity contribution in [1.29, 1.82) is 0 Å². The van der Waals surface area contributed by atoms with Crippen molar-refractivity contribution in [2.24, 2.45) is 0 Å². The van der Waals surface area contributed by atoms with Gasteiger partial charge >= 0.3 is 0 Å². The van der Waals surface area contributed by atoms with Crippen LogP contribution in [0.25, 0.3) is 0 Å². The Labute approximate surface area is 96.3 Å². The maximum Gasteiger partial charge on any atom is 0.162 e. The van der Waals surface area contributed by atoms with E-state index in [2.05, 4.69) is 10.5 Å². The first kappa shape index (κ1) is 11.6. The van der Waals surface area contributed by atoms with E-state index in [1.807, 2.05) is 20.0 Å². The van der Waals surface area contributed by atoms with Crippen LogP contribution in [0, 0.1) is 6.92 Å². The first-order chi connectivity index (χ1) is 7.79. The average Bonchev–Trinajstić information content (AvgIpc) is 2.73. The van der Waals surface area contributed by atoms with Gasteiger partial charge in [-0.1, -0.05) is 18.0 Å². The zero-order valence-corrected chi connectivity index (χ0v) is 10.0. The molecule has 0 aliphatic heterocycles. The highest BCUT2D eigenvalue weighted by Gasteiger charge is 2.24. The summed E-state index contributed by atoms with van der Waals surface area (Å²) in [6, 6.07) is 2.41. The van der Waals surface area contributed by atoms with Gasteiger partial charge in [0.15, 0.2) is 5.76 Å². The highest BCUT2D eigenvalue weighted by molar-refractivity contribution is 5.01. The molecule has 1 saturated carbocycles. The minimum absolute atomic E-state index is 0.309. The Morgan fingerprint density at radius 1 is 1.50 bits per heavy atom. The van der Waals surface area contributed by atoms with Gasteiger partial charge in [-0.25, -0.2) is 0 Å². The number of aromatic nitrogens is 1. The SMILES string of the molecule is CNC1CCCCC1OCc1cc(C)no1. The predicted octanol–water partition coefficient (Wildman–Crippen LogP) is 2.03. The lowest BCUT2D eigenvalue weighted by atomic mass is 9.92. The van der Waals surface area contributed by atoms with E-state index in [0.29, 0.717) is 18.8 Å². The van der Waals surface area contributed by atoms with Crippen molar-refractivity contribution < 1.29 is 9.26 Å². The van der Waals surface area contributed by atoms with Gasteiger partial charge in [0.25, 0.3) is 0 Å². The van der Waals surface area contributed by atoms with Gasteiger partial charge in [0.2, 0.25) is 0 Å². The molecule has 1 aliphatic carbocycles. The second-order valence-electron chi connectivity index (χ2n) is 4.46. The molecule has 0 saturated heterocycles. The topological polar surface area (TPSA) is 47.3 Å². The van der Waals surface area contributed by atoms with E-state index in [1.54, 1.807) is 0 Å². The van der Waals surface area contributed by atoms with E-state index in [1.165, 1.54) is 19.3 Å². The molecule has 4 nitrogen and oxygen atoms in total. The van der Waals surface area contributed by atoms with Gasteiger partial charge in [0.1, 0.15) is 6.61 Å². The maximum atomic E-state index is 5.89. The van der Waals surface area contributed by atoms with Crippen molar-refractivity contribution in [3.05, 3.63) is 17.5 Å². The van der Waals surface area contributed by atoms with E-state index < -0.39 is 0 Å². The Morgan fingerprint density at radius 2 is 2.31 bits per heavy atom. The van der Waals surface area contributed by atoms with Crippen LogP contribution >= 0.6 is 0 Å². The van der Waals surface area contributed by atoms with Crippen molar-refractivity contribution in [1.82, 2.24) is 10.5 Å². The average molecular weight is 224 g/mol. The Kier molecular flexibility index (Phi) is 3.96. The Morgan fingerprint density at radius 3 is 3.00 bits per heavy atom. The summed E-state index contributed by atoms with van der Waals surface area (Å²) in [5, 5.41) is 7.17. The van der Waals surface area contributed by atoms with Crippen molar-refractivity contribution in [2.45, 2.75) is 51.4 Å². The van der Waals surface area contributed by atoms with E-state index in [4.69, 9.17) is 9.26 Å². The lowest BCUT2D eigenvalue weighted by Crippen LogP contribution is -2.41. The molecule has 1 heterocycles. The third-order valence-corrected chi connectivity index (χ3v) is 3.19. The summed E-state index contributed by atoms with van der Waals surface area (Å²) < 4.78 is 11.0. The summed E-state index contributed by atoms with van der Waals surface area (Å²) in [5.74, 6) is 0.818. The number of aryl methyl sites for hydroxylation is 1. The number of hydrogen-bond acceptors (Lipinski definition) is 4. The van der Waals surface area contributed by atoms with Gasteiger partial charge in [-0.3, -0.25) is 0 Å². The zero-order valence-electron chi connectivity index (χ0n) is 10.0. The second kappa shape index (κ2) is 5.46. The van der Waals surface area contributed by atoms with Crippen LogP contribution < -0.4 is 5.32 Å². The largest absolute Gasteiger partial charge is 0.369 e. The summed E-state index contributed by atoms with van der Waals surface area (Å²) in [7, 11) is 2.00. The van der Waals surface area contributed by atoms with E-state index in [9.17, 15) is 0 Å². The predicted molar refractivity (Wildman–Crippen MR) is 61.1 cm³/mol. The van der Waals surface area contributed by atoms with E-state index >= 15 is 0 Å². The number of rotatable bonds is 4. The monoisotopic (exact) mass is 224 g/mol. The van der Waals surface area contributed by atoms with Crippen LogP contribution in [0.3, 0.4) is 0 Å². The molecule has 2 rings (SSSR count). The molecule has 16 heavy (non-hydrogen) atoms. The first-order valence-corrected chi connectivity index (χ1v) is 6.00. The number of nitrogens with one attached hydrogen (secondary N) is 1. The third-order valence-electron chi connectivity index (χ3n) is 3.19. The smallest absolute Gasteiger partial charge is 0.162 e. The molecule has 0 radical (unpaired) electrons. The minimum atomic E-state index is 0.309. The molecular formula is C12H20N2O2. The minimum Gasteiger partial charge on any atom is -0.369 e. The Balaban J connectivity index is 1.84. The van der Waals surface area contributed by atoms with Crippen LogP contribution in [0.4, 0.5) is 0 Å². The maximum absolute atomic E-state index is 5.89. The van der Waals surface area contributed by atoms with Crippen molar-refractivity contribution in [2.75, 3.05) is 7.05 Å². The molecule has 1 aromatic rings. The van der Waals surface area contributed by atoms with E-state index in [-0.39, 0.29) is 0 Å². The molecule has 1 aliphatic rings. The summed E-state index contributed by atoms with van der Waals surface area (Å²) >= 11 is 0. The summed E-state index contributed by atoms with van der Waals surface area (Å²) in [6.07, 6.45) is 5.21. The van der Waals surface area contributed by atoms with Crippen molar-refractivity contribution in [3.8, 4) is 0 Å². The number of ether oxygens (including phenoxy) is 1. The first-order valence-electron chi connectivity index (χ1n) is 6.00. The lowest BCUT2D eigenvalue weighted by Gasteiger charge is -2.30. The highest BCUT2D eigenvalue weighted by atomic mass is 16.5. The fourth-order valence-electron chi connectivity index (χ4n) is 2.30. The lowest BCUT2D eigenvalue weighted by molar-refractivity contribution is -0.0123. The van der Waals surface area contributed by atoms with Crippen LogP contribution in [0.2, 0.25) is 0 Å². The fraction of sp³-hybridized carbons (Fsp3) is 0.750. The third kappa shape index (κ3) is 2.83. The molecule has 1 N–H and O–H groups in total. The van der Waals surface area contributed by atoms with E-state index in [0.717, 1.165) is 17.9 Å². The van der Waals surface area contributed by atoms with Gasteiger partial charge in [0.05, 0.1) is 11.8 Å². The molecule has 0 aromatic carbocycles. The quantitative estimate of drug-likeness (QED) is 0.850. The van der Waals surface area contributed by atoms with Crippen LogP contribution in [-0.4, -0.2) is 24.4 Å². The summed E-state index contributed by atoms with van der Waals surface area (Å²) in [5.41, 5.74) is 0.910. The van der Waals surface area contributed by atoms with Crippen LogP contribution in [0.15, 0.2) is 10.6 Å². The summed E-state index contributed by atoms with van der Waals surface area (Å²) in [6.45, 7) is 2.45. The number of nitrogens with zero attached hydrogens (tertiary/aromatic N) is 1. The van der Waals surface area contributed by atoms with Crippen LogP contribution in [-0.2, 0) is 11.3 Å². The number of likely N-dealkylation sites (N-methyl/N-ethyl adjacent to an activating group) is 1. The van der Waals surface area contributed by atoms with Gasteiger partial charge < -0.3 is 14.6 Å². The van der Waals surface area contributed by atoms with Crippen LogP contribution in [0.5, 0.6) is 0 Å². The molecule has 2 atom stereocenters. The van der Waals surface area contributed by atoms with Crippen LogP contribution in [0.1, 0.15) is 37.1 Å². The van der Waals surface area contributed by atoms with Gasteiger partial charge in [-0.05, 0) is 26.8 Å². The van der Waals surface area contributed by atoms with Gasteiger partial charge in [-0.15, -0.1) is 0 Å². The highest BCUT2D eigenvalue weighted by Crippen LogP contribution is 2.22. The number of hydrogen-bond donors (Lipinski definition) is 1. The van der Waals surface area contributed by atoms with Gasteiger partial charge in [0, 0.05) is 12.1 Å². The molecule has 0 bridgehead atoms. The molecule has 2 unspecified atom stereocenters. The molecule has 0 spiro atoms. The van der Waals surface area contributed by atoms with Gasteiger partial charge in [-0.2, -0.15) is 0 Å².